The van der Waals surface area contributed by atoms with Gasteiger partial charge in [0.2, 0.25) is 0 Å². The van der Waals surface area contributed by atoms with Crippen molar-refractivity contribution in [1.82, 2.24) is 14.8 Å². The highest BCUT2D eigenvalue weighted by molar-refractivity contribution is 9.10. The molecule has 2 aliphatic heterocycles. The Balaban J connectivity index is 1.42. The van der Waals surface area contributed by atoms with E-state index in [1.54, 1.807) is 40.4 Å². The lowest BCUT2D eigenvalue weighted by Gasteiger charge is -2.34. The molecule has 1 atom stereocenters. The summed E-state index contributed by atoms with van der Waals surface area (Å²) in [7, 11) is 0. The first-order valence-electron chi connectivity index (χ1n) is 12.7. The molecule has 2 fully saturated rings. The number of benzene rings is 2. The Morgan fingerprint density at radius 1 is 1.00 bits per heavy atom. The predicted molar refractivity (Wildman–Crippen MR) is 150 cm³/mol. The number of carbonyl (C=O) groups is 2. The van der Waals surface area contributed by atoms with Crippen LogP contribution in [-0.4, -0.2) is 63.7 Å². The van der Waals surface area contributed by atoms with Crippen molar-refractivity contribution in [2.45, 2.75) is 38.1 Å². The summed E-state index contributed by atoms with van der Waals surface area (Å²) in [6, 6.07) is 8.12. The molecule has 0 bridgehead atoms. The van der Waals surface area contributed by atoms with E-state index in [2.05, 4.69) is 26.2 Å². The van der Waals surface area contributed by atoms with E-state index in [1.165, 1.54) is 6.07 Å². The summed E-state index contributed by atoms with van der Waals surface area (Å²) in [5.41, 5.74) is 0.787. The Morgan fingerprint density at radius 2 is 1.74 bits per heavy atom. The molecular weight excluding hydrogens is 574 g/mol. The van der Waals surface area contributed by atoms with Gasteiger partial charge in [-0.2, -0.15) is 0 Å². The number of aromatic nitrogens is 1. The normalized spacial score (nSPS) is 17.9. The number of pyridine rings is 1. The molecule has 0 spiro atoms. The molecule has 2 aromatic carbocycles. The standard InChI is InChI=1S/C27H27BrClN5O4/c28-18-12-22(26(35)32-8-2-1-3-9-32)25(24(13-18)34(37)38)31-20-5-4-10-33(16-20)27(36)23-15-30-14-17-11-19(29)6-7-21(17)23/h6-7,11-15,20,31H,1-5,8-10,16H2/t20-/m1/s1. The first-order chi connectivity index (χ1) is 18.3. The summed E-state index contributed by atoms with van der Waals surface area (Å²) in [6.45, 7) is 2.17. The zero-order chi connectivity index (χ0) is 26.8. The Labute approximate surface area is 233 Å². The number of rotatable bonds is 5. The van der Waals surface area contributed by atoms with Gasteiger partial charge in [0.25, 0.3) is 17.5 Å². The Morgan fingerprint density at radius 3 is 2.50 bits per heavy atom. The van der Waals surface area contributed by atoms with Crippen LogP contribution in [0, 0.1) is 10.1 Å². The number of carbonyl (C=O) groups excluding carboxylic acids is 2. The van der Waals surface area contributed by atoms with E-state index in [0.717, 1.165) is 30.0 Å². The topological polar surface area (TPSA) is 109 Å². The van der Waals surface area contributed by atoms with E-state index in [-0.39, 0.29) is 34.8 Å². The Hall–Kier alpha value is -3.24. The lowest BCUT2D eigenvalue weighted by Crippen LogP contribution is -2.45. The number of likely N-dealkylation sites (tertiary alicyclic amines) is 2. The third-order valence-electron chi connectivity index (χ3n) is 7.16. The van der Waals surface area contributed by atoms with E-state index in [4.69, 9.17) is 11.6 Å². The monoisotopic (exact) mass is 599 g/mol. The number of halogens is 2. The molecule has 5 rings (SSSR count). The van der Waals surface area contributed by atoms with Crippen LogP contribution < -0.4 is 5.32 Å². The van der Waals surface area contributed by atoms with Crippen LogP contribution in [-0.2, 0) is 0 Å². The van der Waals surface area contributed by atoms with Crippen molar-refractivity contribution in [1.29, 1.82) is 0 Å². The highest BCUT2D eigenvalue weighted by Crippen LogP contribution is 2.35. The van der Waals surface area contributed by atoms with Gasteiger partial charge in [0.1, 0.15) is 5.69 Å². The van der Waals surface area contributed by atoms with Gasteiger partial charge >= 0.3 is 0 Å². The first-order valence-corrected chi connectivity index (χ1v) is 13.8. The van der Waals surface area contributed by atoms with Crippen molar-refractivity contribution in [3.05, 3.63) is 73.5 Å². The van der Waals surface area contributed by atoms with Gasteiger partial charge in [-0.05, 0) is 55.7 Å². The van der Waals surface area contributed by atoms with Gasteiger partial charge in [-0.3, -0.25) is 24.7 Å². The molecule has 0 unspecified atom stereocenters. The van der Waals surface area contributed by atoms with Crippen LogP contribution in [0.4, 0.5) is 11.4 Å². The molecule has 3 aromatic rings. The maximum absolute atomic E-state index is 13.5. The summed E-state index contributed by atoms with van der Waals surface area (Å²) in [6.07, 6.45) is 7.55. The molecule has 0 radical (unpaired) electrons. The number of nitro groups is 1. The molecule has 11 heteroatoms. The second-order valence-electron chi connectivity index (χ2n) is 9.74. The SMILES string of the molecule is O=C(c1cc(Br)cc([N+](=O)[O-])c1N[C@@H]1CCCN(C(=O)c2cncc3cc(Cl)ccc23)C1)N1CCCCC1. The first kappa shape index (κ1) is 26.4. The van der Waals surface area contributed by atoms with Gasteiger partial charge in [0, 0.05) is 65.6 Å². The highest BCUT2D eigenvalue weighted by atomic mass is 79.9. The summed E-state index contributed by atoms with van der Waals surface area (Å²) in [5.74, 6) is -0.382. The summed E-state index contributed by atoms with van der Waals surface area (Å²) in [4.78, 5) is 46.3. The summed E-state index contributed by atoms with van der Waals surface area (Å²) >= 11 is 9.46. The number of hydrogen-bond donors (Lipinski definition) is 1. The maximum Gasteiger partial charge on any atom is 0.294 e. The van der Waals surface area contributed by atoms with Crippen LogP contribution in [0.1, 0.15) is 52.8 Å². The fraction of sp³-hybridized carbons (Fsp3) is 0.370. The number of nitrogens with one attached hydrogen (secondary N) is 1. The van der Waals surface area contributed by atoms with Crippen LogP contribution >= 0.6 is 27.5 Å². The quantitative estimate of drug-likeness (QED) is 0.288. The van der Waals surface area contributed by atoms with E-state index < -0.39 is 4.92 Å². The molecule has 198 valence electrons. The second-order valence-corrected chi connectivity index (χ2v) is 11.1. The fourth-order valence-electron chi connectivity index (χ4n) is 5.30. The third kappa shape index (κ3) is 5.47. The molecule has 0 aliphatic carbocycles. The van der Waals surface area contributed by atoms with Crippen LogP contribution in [0.5, 0.6) is 0 Å². The zero-order valence-electron chi connectivity index (χ0n) is 20.7. The second kappa shape index (κ2) is 11.2. The van der Waals surface area contributed by atoms with E-state index in [9.17, 15) is 19.7 Å². The minimum atomic E-state index is -0.473. The number of fused-ring (bicyclic) bond motifs is 1. The van der Waals surface area contributed by atoms with Gasteiger partial charge in [-0.1, -0.05) is 33.6 Å². The molecule has 38 heavy (non-hydrogen) atoms. The van der Waals surface area contributed by atoms with Crippen LogP contribution in [0.15, 0.2) is 47.2 Å². The predicted octanol–water partition coefficient (Wildman–Crippen LogP) is 5.90. The molecule has 2 aliphatic rings. The van der Waals surface area contributed by atoms with Gasteiger partial charge in [-0.15, -0.1) is 0 Å². The van der Waals surface area contributed by atoms with Gasteiger partial charge < -0.3 is 15.1 Å². The smallest absolute Gasteiger partial charge is 0.294 e. The van der Waals surface area contributed by atoms with Crippen molar-refractivity contribution in [3.8, 4) is 0 Å². The lowest BCUT2D eigenvalue weighted by atomic mass is 10.0. The minimum Gasteiger partial charge on any atom is -0.374 e. The number of hydrogen-bond acceptors (Lipinski definition) is 6. The molecule has 1 N–H and O–H groups in total. The van der Waals surface area contributed by atoms with Crippen molar-refractivity contribution in [3.63, 3.8) is 0 Å². The molecule has 0 saturated carbocycles. The number of nitro benzene ring substituents is 1. The van der Waals surface area contributed by atoms with Crippen LogP contribution in [0.25, 0.3) is 10.8 Å². The summed E-state index contributed by atoms with van der Waals surface area (Å²) in [5, 5.41) is 17.4. The Kier molecular flexibility index (Phi) is 7.80. The van der Waals surface area contributed by atoms with Gasteiger partial charge in [0.15, 0.2) is 0 Å². The molecule has 2 saturated heterocycles. The number of piperidine rings is 2. The third-order valence-corrected chi connectivity index (χ3v) is 7.85. The largest absolute Gasteiger partial charge is 0.374 e. The summed E-state index contributed by atoms with van der Waals surface area (Å²) < 4.78 is 0.471. The van der Waals surface area contributed by atoms with Crippen molar-refractivity contribution in [2.75, 3.05) is 31.5 Å². The zero-order valence-corrected chi connectivity index (χ0v) is 23.0. The van der Waals surface area contributed by atoms with Crippen molar-refractivity contribution < 1.29 is 14.5 Å². The molecule has 1 aromatic heterocycles. The van der Waals surface area contributed by atoms with Gasteiger partial charge in [-0.25, -0.2) is 0 Å². The van der Waals surface area contributed by atoms with Crippen LogP contribution in [0.3, 0.4) is 0 Å². The van der Waals surface area contributed by atoms with Crippen molar-refractivity contribution >= 4 is 61.5 Å². The maximum atomic E-state index is 13.5. The van der Waals surface area contributed by atoms with Crippen LogP contribution in [0.2, 0.25) is 5.02 Å². The number of amides is 2. The number of anilines is 1. The molecule has 9 nitrogen and oxygen atoms in total. The fourth-order valence-corrected chi connectivity index (χ4v) is 5.92. The van der Waals surface area contributed by atoms with Gasteiger partial charge in [0.05, 0.1) is 16.1 Å². The molecule has 2 amide bonds. The lowest BCUT2D eigenvalue weighted by molar-refractivity contribution is -0.384. The number of nitrogens with zero attached hydrogens (tertiary/aromatic N) is 4. The molecular formula is C27H27BrClN5O4. The van der Waals surface area contributed by atoms with E-state index in [1.807, 2.05) is 6.07 Å². The molecule has 3 heterocycles. The Bertz CT molecular complexity index is 1410. The van der Waals surface area contributed by atoms with E-state index >= 15 is 0 Å². The highest BCUT2D eigenvalue weighted by Gasteiger charge is 2.31. The minimum absolute atomic E-state index is 0.160. The average Bonchev–Trinajstić information content (AvgIpc) is 2.93. The van der Waals surface area contributed by atoms with E-state index in [0.29, 0.717) is 54.1 Å². The van der Waals surface area contributed by atoms with Crippen molar-refractivity contribution in [2.24, 2.45) is 0 Å². The average molecular weight is 601 g/mol.